The van der Waals surface area contributed by atoms with E-state index < -0.39 is 0 Å². The zero-order valence-electron chi connectivity index (χ0n) is 15.0. The monoisotopic (exact) mass is 300 g/mol. The molecule has 0 amide bonds. The summed E-state index contributed by atoms with van der Waals surface area (Å²) >= 11 is 0. The summed E-state index contributed by atoms with van der Waals surface area (Å²) in [6.07, 6.45) is 18.1. The lowest BCUT2D eigenvalue weighted by Crippen LogP contribution is -2.03. The second kappa shape index (κ2) is 10.1. The molecule has 0 fully saturated rings. The summed E-state index contributed by atoms with van der Waals surface area (Å²) in [5.41, 5.74) is 4.85. The molecule has 0 nitrogen and oxygen atoms in total. The fourth-order valence-electron chi connectivity index (χ4n) is 3.71. The van der Waals surface area contributed by atoms with Crippen LogP contribution in [0.2, 0.25) is 0 Å². The minimum absolute atomic E-state index is 0.886. The molecule has 0 aliphatic heterocycles. The van der Waals surface area contributed by atoms with Gasteiger partial charge in [0.2, 0.25) is 0 Å². The molecule has 1 aliphatic rings. The van der Waals surface area contributed by atoms with Crippen LogP contribution in [0.25, 0.3) is 0 Å². The third-order valence-corrected chi connectivity index (χ3v) is 5.16. The number of hydrogen-bond donors (Lipinski definition) is 0. The molecule has 0 saturated carbocycles. The van der Waals surface area contributed by atoms with Crippen LogP contribution in [-0.4, -0.2) is 0 Å². The Hall–Kier alpha value is -0.780. The molecule has 0 saturated heterocycles. The average molecular weight is 301 g/mol. The zero-order chi connectivity index (χ0) is 15.6. The van der Waals surface area contributed by atoms with Crippen LogP contribution in [0.3, 0.4) is 0 Å². The number of benzene rings is 1. The van der Waals surface area contributed by atoms with Crippen LogP contribution < -0.4 is 0 Å². The molecule has 0 heteroatoms. The predicted octanol–water partition coefficient (Wildman–Crippen LogP) is 6.88. The molecule has 0 atom stereocenters. The van der Waals surface area contributed by atoms with E-state index in [0.29, 0.717) is 0 Å². The van der Waals surface area contributed by atoms with Crippen LogP contribution in [0.15, 0.2) is 18.2 Å². The Morgan fingerprint density at radius 2 is 1.41 bits per heavy atom. The molecule has 0 bridgehead atoms. The van der Waals surface area contributed by atoms with Crippen LogP contribution in [0.5, 0.6) is 0 Å². The number of aryl methyl sites for hydroxylation is 3. The van der Waals surface area contributed by atoms with E-state index in [1.165, 1.54) is 83.5 Å². The second-order valence-electron chi connectivity index (χ2n) is 7.72. The summed E-state index contributed by atoms with van der Waals surface area (Å²) in [7, 11) is 0. The fraction of sp³-hybridized carbons (Fsp3) is 0.727. The smallest absolute Gasteiger partial charge is 0.0276 e. The molecular weight excluding hydrogens is 264 g/mol. The maximum atomic E-state index is 2.50. The first-order valence-electron chi connectivity index (χ1n) is 9.86. The molecule has 0 unspecified atom stereocenters. The minimum Gasteiger partial charge on any atom is -0.0628 e. The van der Waals surface area contributed by atoms with Crippen molar-refractivity contribution in [1.82, 2.24) is 0 Å². The van der Waals surface area contributed by atoms with Crippen LogP contribution in [0, 0.1) is 5.92 Å². The Bertz CT molecular complexity index is 416. The topological polar surface area (TPSA) is 0 Å². The Balaban J connectivity index is 1.52. The first-order chi connectivity index (χ1) is 10.8. The number of hydrogen-bond acceptors (Lipinski definition) is 0. The minimum atomic E-state index is 0.886. The van der Waals surface area contributed by atoms with Crippen LogP contribution in [0.1, 0.15) is 94.7 Å². The summed E-state index contributed by atoms with van der Waals surface area (Å²) < 4.78 is 0. The molecule has 22 heavy (non-hydrogen) atoms. The molecule has 0 heterocycles. The van der Waals surface area contributed by atoms with Gasteiger partial charge in [-0.05, 0) is 61.1 Å². The molecule has 1 aliphatic carbocycles. The highest BCUT2D eigenvalue weighted by Gasteiger charge is 2.09. The molecule has 0 spiro atoms. The molecule has 2 rings (SSSR count). The molecule has 0 radical (unpaired) electrons. The van der Waals surface area contributed by atoms with Gasteiger partial charge in [0, 0.05) is 0 Å². The van der Waals surface area contributed by atoms with Gasteiger partial charge in [-0.2, -0.15) is 0 Å². The van der Waals surface area contributed by atoms with E-state index >= 15 is 0 Å². The Morgan fingerprint density at radius 1 is 0.773 bits per heavy atom. The van der Waals surface area contributed by atoms with Crippen molar-refractivity contribution in [3.05, 3.63) is 34.9 Å². The molecule has 1 aromatic rings. The summed E-state index contributed by atoms with van der Waals surface area (Å²) in [4.78, 5) is 0. The van der Waals surface area contributed by atoms with E-state index in [2.05, 4.69) is 32.0 Å². The van der Waals surface area contributed by atoms with Crippen molar-refractivity contribution in [1.29, 1.82) is 0 Å². The van der Waals surface area contributed by atoms with Crippen molar-refractivity contribution < 1.29 is 0 Å². The van der Waals surface area contributed by atoms with Crippen molar-refractivity contribution in [2.75, 3.05) is 0 Å². The highest BCUT2D eigenvalue weighted by Crippen LogP contribution is 2.23. The normalized spacial score (nSPS) is 14.3. The van der Waals surface area contributed by atoms with Gasteiger partial charge in [0.15, 0.2) is 0 Å². The van der Waals surface area contributed by atoms with Crippen molar-refractivity contribution in [3.8, 4) is 0 Å². The molecule has 124 valence electrons. The molecule has 0 N–H and O–H groups in total. The summed E-state index contributed by atoms with van der Waals surface area (Å²) in [6, 6.07) is 7.29. The maximum Gasteiger partial charge on any atom is -0.0276 e. The highest BCUT2D eigenvalue weighted by molar-refractivity contribution is 5.33. The van der Waals surface area contributed by atoms with Gasteiger partial charge in [-0.15, -0.1) is 0 Å². The lowest BCUT2D eigenvalue weighted by atomic mass is 9.89. The Morgan fingerprint density at radius 3 is 2.14 bits per heavy atom. The Labute approximate surface area is 138 Å². The first kappa shape index (κ1) is 17.6. The van der Waals surface area contributed by atoms with E-state index in [-0.39, 0.29) is 0 Å². The van der Waals surface area contributed by atoms with Crippen molar-refractivity contribution in [3.63, 3.8) is 0 Å². The van der Waals surface area contributed by atoms with E-state index in [0.717, 1.165) is 5.92 Å². The summed E-state index contributed by atoms with van der Waals surface area (Å²) in [6.45, 7) is 4.67. The lowest BCUT2D eigenvalue weighted by Gasteiger charge is -2.16. The average Bonchev–Trinajstić information content (AvgIpc) is 2.53. The van der Waals surface area contributed by atoms with Gasteiger partial charge in [0.25, 0.3) is 0 Å². The van der Waals surface area contributed by atoms with Gasteiger partial charge in [-0.3, -0.25) is 0 Å². The quantitative estimate of drug-likeness (QED) is 0.413. The standard InChI is InChI=1S/C22H36/c1-19(2)12-8-6-4-3-5-7-9-13-20-16-17-21-14-10-11-15-22(21)18-20/h16-19H,3-15H2,1-2H3. The summed E-state index contributed by atoms with van der Waals surface area (Å²) in [5, 5.41) is 0. The summed E-state index contributed by atoms with van der Waals surface area (Å²) in [5.74, 6) is 0.886. The SMILES string of the molecule is CC(C)CCCCCCCCCc1ccc2c(c1)CCCC2. The van der Waals surface area contributed by atoms with Gasteiger partial charge < -0.3 is 0 Å². The maximum absolute atomic E-state index is 2.50. The van der Waals surface area contributed by atoms with Gasteiger partial charge >= 0.3 is 0 Å². The van der Waals surface area contributed by atoms with Crippen molar-refractivity contribution in [2.45, 2.75) is 97.3 Å². The Kier molecular flexibility index (Phi) is 8.05. The molecule has 0 aromatic heterocycles. The van der Waals surface area contributed by atoms with E-state index in [9.17, 15) is 0 Å². The predicted molar refractivity (Wildman–Crippen MR) is 98.6 cm³/mol. The van der Waals surface area contributed by atoms with E-state index in [1.807, 2.05) is 0 Å². The third-order valence-electron chi connectivity index (χ3n) is 5.16. The largest absolute Gasteiger partial charge is 0.0628 e. The third kappa shape index (κ3) is 6.55. The van der Waals surface area contributed by atoms with E-state index in [1.54, 1.807) is 16.7 Å². The number of fused-ring (bicyclic) bond motifs is 1. The van der Waals surface area contributed by atoms with Gasteiger partial charge in [0.05, 0.1) is 0 Å². The van der Waals surface area contributed by atoms with Crippen LogP contribution >= 0.6 is 0 Å². The number of rotatable bonds is 10. The van der Waals surface area contributed by atoms with Crippen LogP contribution in [0.4, 0.5) is 0 Å². The molecule has 1 aromatic carbocycles. The second-order valence-corrected chi connectivity index (χ2v) is 7.72. The van der Waals surface area contributed by atoms with Crippen LogP contribution in [-0.2, 0) is 19.3 Å². The van der Waals surface area contributed by atoms with Gasteiger partial charge in [-0.25, -0.2) is 0 Å². The zero-order valence-corrected chi connectivity index (χ0v) is 15.0. The van der Waals surface area contributed by atoms with Gasteiger partial charge in [0.1, 0.15) is 0 Å². The molecular formula is C22H36. The van der Waals surface area contributed by atoms with Crippen molar-refractivity contribution in [2.24, 2.45) is 5.92 Å². The lowest BCUT2D eigenvalue weighted by molar-refractivity contribution is 0.509. The highest BCUT2D eigenvalue weighted by atomic mass is 14.1. The van der Waals surface area contributed by atoms with E-state index in [4.69, 9.17) is 0 Å². The first-order valence-corrected chi connectivity index (χ1v) is 9.86. The van der Waals surface area contributed by atoms with Gasteiger partial charge in [-0.1, -0.05) is 77.0 Å². The van der Waals surface area contributed by atoms with Crippen molar-refractivity contribution >= 4 is 0 Å². The fourth-order valence-corrected chi connectivity index (χ4v) is 3.71. The number of unbranched alkanes of at least 4 members (excludes halogenated alkanes) is 6.